The Hall–Kier alpha value is 0.352. The van der Waals surface area contributed by atoms with E-state index in [0.29, 0.717) is 17.9 Å². The fourth-order valence-corrected chi connectivity index (χ4v) is 0.817. The van der Waals surface area contributed by atoms with E-state index in [1.54, 1.807) is 0 Å². The Morgan fingerprint density at radius 2 is 2.56 bits per heavy atom. The van der Waals surface area contributed by atoms with Crippen LogP contribution in [0.1, 0.15) is 13.3 Å². The second kappa shape index (κ2) is 4.21. The molecule has 0 N–H and O–H groups in total. The number of ether oxygens (including phenoxy) is 1. The van der Waals surface area contributed by atoms with E-state index in [0.717, 1.165) is 6.42 Å². The van der Waals surface area contributed by atoms with Gasteiger partial charge in [0, 0.05) is 20.4 Å². The summed E-state index contributed by atoms with van der Waals surface area (Å²) in [6, 6.07) is 0.336. The predicted molar refractivity (Wildman–Crippen MR) is 34.8 cm³/mol. The van der Waals surface area contributed by atoms with Gasteiger partial charge in [-0.2, -0.15) is 0 Å². The van der Waals surface area contributed by atoms with Gasteiger partial charge >= 0.3 is 0 Å². The first-order valence-electron chi connectivity index (χ1n) is 2.70. The zero-order valence-corrected chi connectivity index (χ0v) is 8.67. The molecule has 1 radical (unpaired) electrons. The van der Waals surface area contributed by atoms with Gasteiger partial charge in [0.05, 0.1) is 11.3 Å². The van der Waals surface area contributed by atoms with Crippen LogP contribution in [-0.4, -0.2) is 17.9 Å². The number of nitrogens with zero attached hydrogens (tertiary/aromatic N) is 1. The molecule has 0 aromatic heterocycles. The third-order valence-electron chi connectivity index (χ3n) is 1.16. The van der Waals surface area contributed by atoms with E-state index in [4.69, 9.17) is 4.74 Å². The maximum atomic E-state index is 4.92. The van der Waals surface area contributed by atoms with Crippen molar-refractivity contribution < 1.29 is 25.2 Å². The molecule has 4 heteroatoms. The standard InChI is InChI=1S/C5H9NOS.Re/c1-2-4-3-7-5(8)6-4;/h4H,2-3H2,1H3,(H,6,8);/p-1. The molecule has 2 nitrogen and oxygen atoms in total. The van der Waals surface area contributed by atoms with Crippen LogP contribution in [0.15, 0.2) is 4.99 Å². The van der Waals surface area contributed by atoms with Crippen molar-refractivity contribution in [3.63, 3.8) is 0 Å². The summed E-state index contributed by atoms with van der Waals surface area (Å²) in [4.78, 5) is 4.02. The zero-order valence-electron chi connectivity index (χ0n) is 5.13. The normalized spacial score (nSPS) is 24.1. The Labute approximate surface area is 74.1 Å². The molecule has 0 aromatic rings. The average Bonchev–Trinajstić information content (AvgIpc) is 2.14. The molecule has 1 atom stereocenters. The van der Waals surface area contributed by atoms with E-state index in [1.165, 1.54) is 0 Å². The van der Waals surface area contributed by atoms with Crippen molar-refractivity contribution in [3.8, 4) is 0 Å². The third-order valence-corrected chi connectivity index (χ3v) is 1.38. The molecular formula is C5H8NOReS-. The number of hydrogen-bond acceptors (Lipinski definition) is 3. The Bertz CT molecular complexity index is 118. The summed E-state index contributed by atoms with van der Waals surface area (Å²) in [6.45, 7) is 2.76. The first-order valence-corrected chi connectivity index (χ1v) is 3.11. The molecule has 0 fully saturated rings. The van der Waals surface area contributed by atoms with Gasteiger partial charge in [-0.3, -0.25) is 4.99 Å². The van der Waals surface area contributed by atoms with Crippen LogP contribution in [0.5, 0.6) is 0 Å². The fourth-order valence-electron chi connectivity index (χ4n) is 0.600. The number of rotatable bonds is 1. The van der Waals surface area contributed by atoms with Crippen molar-refractivity contribution >= 4 is 17.9 Å². The molecule has 9 heavy (non-hydrogen) atoms. The smallest absolute Gasteiger partial charge is 0.110 e. The second-order valence-corrected chi connectivity index (χ2v) is 2.12. The summed E-state index contributed by atoms with van der Waals surface area (Å²) < 4.78 is 4.92. The van der Waals surface area contributed by atoms with Crippen LogP contribution in [-0.2, 0) is 37.8 Å². The molecule has 1 aliphatic heterocycles. The second-order valence-electron chi connectivity index (χ2n) is 1.77. The minimum absolute atomic E-state index is 0. The van der Waals surface area contributed by atoms with E-state index < -0.39 is 0 Å². The average molecular weight is 316 g/mol. The minimum Gasteiger partial charge on any atom is -0.722 e. The van der Waals surface area contributed by atoms with Gasteiger partial charge in [0.15, 0.2) is 0 Å². The van der Waals surface area contributed by atoms with E-state index in [1.807, 2.05) is 0 Å². The van der Waals surface area contributed by atoms with Crippen LogP contribution in [0, 0.1) is 0 Å². The monoisotopic (exact) mass is 317 g/mol. The van der Waals surface area contributed by atoms with Crippen molar-refractivity contribution in [2.75, 3.05) is 6.61 Å². The Morgan fingerprint density at radius 1 is 1.89 bits per heavy atom. The van der Waals surface area contributed by atoms with Crippen LogP contribution in [0.3, 0.4) is 0 Å². The van der Waals surface area contributed by atoms with Gasteiger partial charge in [-0.05, 0) is 6.42 Å². The van der Waals surface area contributed by atoms with E-state index >= 15 is 0 Å². The molecule has 0 bridgehead atoms. The predicted octanol–water partition coefficient (Wildman–Crippen LogP) is 0.696. The summed E-state index contributed by atoms with van der Waals surface area (Å²) in [5, 5.41) is 0.428. The zero-order chi connectivity index (χ0) is 5.98. The van der Waals surface area contributed by atoms with Crippen LogP contribution >= 0.6 is 0 Å². The number of hydrogen-bond donors (Lipinski definition) is 0. The summed E-state index contributed by atoms with van der Waals surface area (Å²) >= 11 is 4.67. The van der Waals surface area contributed by atoms with Crippen molar-refractivity contribution in [1.82, 2.24) is 0 Å². The maximum Gasteiger partial charge on any atom is 0.110 e. The first-order chi connectivity index (χ1) is 3.83. The third kappa shape index (κ3) is 2.62. The quantitative estimate of drug-likeness (QED) is 0.664. The molecule has 0 aromatic carbocycles. The van der Waals surface area contributed by atoms with Gasteiger partial charge < -0.3 is 17.4 Å². The van der Waals surface area contributed by atoms with Crippen molar-refractivity contribution in [3.05, 3.63) is 0 Å². The Morgan fingerprint density at radius 3 is 2.78 bits per heavy atom. The van der Waals surface area contributed by atoms with Gasteiger partial charge in [0.1, 0.15) is 6.61 Å². The summed E-state index contributed by atoms with van der Waals surface area (Å²) in [5.74, 6) is 0. The van der Waals surface area contributed by atoms with Crippen LogP contribution in [0.2, 0.25) is 0 Å². The number of aliphatic imine (C=N–C) groups is 1. The molecule has 1 unspecified atom stereocenters. The molecule has 0 spiro atoms. The molecule has 1 rings (SSSR count). The summed E-state index contributed by atoms with van der Waals surface area (Å²) in [6.07, 6.45) is 1.03. The minimum atomic E-state index is 0. The van der Waals surface area contributed by atoms with Gasteiger partial charge in [-0.25, -0.2) is 0 Å². The molecule has 53 valence electrons. The van der Waals surface area contributed by atoms with Gasteiger partial charge in [-0.1, -0.05) is 6.92 Å². The van der Waals surface area contributed by atoms with Crippen molar-refractivity contribution in [2.24, 2.45) is 4.99 Å². The Kier molecular flexibility index (Phi) is 4.38. The summed E-state index contributed by atoms with van der Waals surface area (Å²) in [5.41, 5.74) is 0. The van der Waals surface area contributed by atoms with Gasteiger partial charge in [0.25, 0.3) is 0 Å². The SMILES string of the molecule is CCC1COC([S-])=N1.[Re]. The van der Waals surface area contributed by atoms with E-state index in [2.05, 4.69) is 24.5 Å². The largest absolute Gasteiger partial charge is 0.722 e. The summed E-state index contributed by atoms with van der Waals surface area (Å²) in [7, 11) is 0. The maximum absolute atomic E-state index is 4.92. The molecule has 0 saturated carbocycles. The van der Waals surface area contributed by atoms with Crippen LogP contribution < -0.4 is 0 Å². The molecular weight excluding hydrogens is 308 g/mol. The first kappa shape index (κ1) is 9.35. The molecule has 1 aliphatic rings. The van der Waals surface area contributed by atoms with Crippen LogP contribution in [0.4, 0.5) is 0 Å². The molecule has 0 aliphatic carbocycles. The van der Waals surface area contributed by atoms with E-state index in [9.17, 15) is 0 Å². The molecule has 1 heterocycles. The van der Waals surface area contributed by atoms with Crippen molar-refractivity contribution in [2.45, 2.75) is 19.4 Å². The molecule has 0 amide bonds. The van der Waals surface area contributed by atoms with Gasteiger partial charge in [-0.15, -0.1) is 0 Å². The van der Waals surface area contributed by atoms with Crippen LogP contribution in [0.25, 0.3) is 0 Å². The fraction of sp³-hybridized carbons (Fsp3) is 0.800. The Balaban J connectivity index is 0.000000640. The van der Waals surface area contributed by atoms with E-state index in [-0.39, 0.29) is 20.4 Å². The van der Waals surface area contributed by atoms with Crippen molar-refractivity contribution in [1.29, 1.82) is 0 Å². The topological polar surface area (TPSA) is 21.6 Å². The molecule has 0 saturated heterocycles. The van der Waals surface area contributed by atoms with Gasteiger partial charge in [0.2, 0.25) is 0 Å².